The maximum absolute atomic E-state index is 11.2. The standard InChI is InChI=1S/C12H9BrN2O2S/c13-7-5-9-8(14-12(17)15-9)4-6(7)11(16)10-2-1-3-18-10/h1-5,11,16H,(H2,14,15,17). The molecule has 0 aliphatic rings. The quantitative estimate of drug-likeness (QED) is 0.678. The van der Waals surface area contributed by atoms with E-state index in [2.05, 4.69) is 25.9 Å². The van der Waals surface area contributed by atoms with E-state index in [0.29, 0.717) is 11.0 Å². The lowest BCUT2D eigenvalue weighted by atomic mass is 10.1. The SMILES string of the molecule is O=c1[nH]c2cc(Br)c(C(O)c3cccs3)cc2[nH]1. The van der Waals surface area contributed by atoms with Gasteiger partial charge in [-0.1, -0.05) is 22.0 Å². The molecule has 0 saturated heterocycles. The molecule has 2 heterocycles. The average molecular weight is 325 g/mol. The molecule has 3 rings (SSSR count). The molecule has 92 valence electrons. The Kier molecular flexibility index (Phi) is 2.85. The van der Waals surface area contributed by atoms with Crippen LogP contribution >= 0.6 is 27.3 Å². The van der Waals surface area contributed by atoms with Crippen LogP contribution in [0.15, 0.2) is 38.9 Å². The summed E-state index contributed by atoms with van der Waals surface area (Å²) < 4.78 is 0.770. The van der Waals surface area contributed by atoms with Crippen LogP contribution in [0.25, 0.3) is 11.0 Å². The Bertz CT molecular complexity index is 745. The van der Waals surface area contributed by atoms with E-state index in [1.807, 2.05) is 17.5 Å². The lowest BCUT2D eigenvalue weighted by molar-refractivity contribution is 0.223. The van der Waals surface area contributed by atoms with Crippen molar-refractivity contribution in [2.24, 2.45) is 0 Å². The second-order valence-corrected chi connectivity index (χ2v) is 5.75. The van der Waals surface area contributed by atoms with Gasteiger partial charge in [0.15, 0.2) is 0 Å². The molecule has 0 radical (unpaired) electrons. The normalized spacial score (nSPS) is 13.0. The molecule has 0 bridgehead atoms. The van der Waals surface area contributed by atoms with Crippen molar-refractivity contribution in [2.75, 3.05) is 0 Å². The van der Waals surface area contributed by atoms with Crippen molar-refractivity contribution in [1.82, 2.24) is 9.97 Å². The van der Waals surface area contributed by atoms with Crippen molar-refractivity contribution in [3.63, 3.8) is 0 Å². The summed E-state index contributed by atoms with van der Waals surface area (Å²) in [6.45, 7) is 0. The number of H-pyrrole nitrogens is 2. The van der Waals surface area contributed by atoms with Gasteiger partial charge in [-0.3, -0.25) is 0 Å². The summed E-state index contributed by atoms with van der Waals surface area (Å²) in [4.78, 5) is 17.5. The highest BCUT2D eigenvalue weighted by atomic mass is 79.9. The Morgan fingerprint density at radius 1 is 1.28 bits per heavy atom. The monoisotopic (exact) mass is 324 g/mol. The lowest BCUT2D eigenvalue weighted by Gasteiger charge is -2.11. The zero-order chi connectivity index (χ0) is 12.7. The van der Waals surface area contributed by atoms with E-state index in [1.54, 1.807) is 12.1 Å². The van der Waals surface area contributed by atoms with Crippen LogP contribution in [0, 0.1) is 0 Å². The number of imidazole rings is 1. The molecular weight excluding hydrogens is 316 g/mol. The van der Waals surface area contributed by atoms with E-state index in [1.165, 1.54) is 11.3 Å². The summed E-state index contributed by atoms with van der Waals surface area (Å²) >= 11 is 4.92. The first-order valence-corrected chi connectivity index (χ1v) is 6.95. The first-order valence-electron chi connectivity index (χ1n) is 5.28. The highest BCUT2D eigenvalue weighted by molar-refractivity contribution is 9.10. The number of hydrogen-bond donors (Lipinski definition) is 3. The Morgan fingerprint density at radius 2 is 2.00 bits per heavy atom. The third-order valence-corrected chi connectivity index (χ3v) is 4.35. The summed E-state index contributed by atoms with van der Waals surface area (Å²) in [5.41, 5.74) is 1.89. The molecule has 1 aromatic carbocycles. The Balaban J connectivity index is 2.16. The van der Waals surface area contributed by atoms with Crippen molar-refractivity contribution >= 4 is 38.3 Å². The topological polar surface area (TPSA) is 68.9 Å². The smallest absolute Gasteiger partial charge is 0.323 e. The molecule has 4 nitrogen and oxygen atoms in total. The maximum Gasteiger partial charge on any atom is 0.323 e. The van der Waals surface area contributed by atoms with Crippen LogP contribution in [0.2, 0.25) is 0 Å². The summed E-state index contributed by atoms with van der Waals surface area (Å²) in [6, 6.07) is 7.35. The van der Waals surface area contributed by atoms with Gasteiger partial charge in [0.05, 0.1) is 11.0 Å². The van der Waals surface area contributed by atoms with Gasteiger partial charge in [0.2, 0.25) is 0 Å². The number of aliphatic hydroxyl groups excluding tert-OH is 1. The van der Waals surface area contributed by atoms with Gasteiger partial charge in [0.1, 0.15) is 6.10 Å². The number of fused-ring (bicyclic) bond motifs is 1. The first-order chi connectivity index (χ1) is 8.65. The van der Waals surface area contributed by atoms with Gasteiger partial charge in [-0.15, -0.1) is 11.3 Å². The van der Waals surface area contributed by atoms with Crippen molar-refractivity contribution in [3.8, 4) is 0 Å². The number of aromatic nitrogens is 2. The predicted octanol–water partition coefficient (Wildman–Crippen LogP) is 2.76. The Morgan fingerprint density at radius 3 is 2.67 bits per heavy atom. The number of halogens is 1. The van der Waals surface area contributed by atoms with Crippen molar-refractivity contribution < 1.29 is 5.11 Å². The van der Waals surface area contributed by atoms with Crippen LogP contribution in [0.4, 0.5) is 0 Å². The number of nitrogens with one attached hydrogen (secondary N) is 2. The molecule has 0 saturated carbocycles. The van der Waals surface area contributed by atoms with E-state index in [-0.39, 0.29) is 5.69 Å². The van der Waals surface area contributed by atoms with Crippen molar-refractivity contribution in [1.29, 1.82) is 0 Å². The van der Waals surface area contributed by atoms with Gasteiger partial charge >= 0.3 is 5.69 Å². The molecule has 3 aromatic rings. The summed E-state index contributed by atoms with van der Waals surface area (Å²) in [5, 5.41) is 12.2. The van der Waals surface area contributed by atoms with Crippen molar-refractivity contribution in [2.45, 2.75) is 6.10 Å². The second kappa shape index (κ2) is 4.38. The van der Waals surface area contributed by atoms with Gasteiger partial charge in [-0.25, -0.2) is 4.79 Å². The first kappa shape index (κ1) is 11.7. The van der Waals surface area contributed by atoms with Crippen LogP contribution in [-0.2, 0) is 0 Å². The molecule has 0 aliphatic carbocycles. The molecule has 3 N–H and O–H groups in total. The Hall–Kier alpha value is -1.37. The number of rotatable bonds is 2. The lowest BCUT2D eigenvalue weighted by Crippen LogP contribution is -1.99. The summed E-state index contributed by atoms with van der Waals surface area (Å²) in [7, 11) is 0. The number of aromatic amines is 2. The third-order valence-electron chi connectivity index (χ3n) is 2.74. The average Bonchev–Trinajstić information content (AvgIpc) is 2.94. The molecule has 1 unspecified atom stereocenters. The van der Waals surface area contributed by atoms with E-state index in [0.717, 1.165) is 14.9 Å². The molecule has 6 heteroatoms. The van der Waals surface area contributed by atoms with E-state index in [9.17, 15) is 9.90 Å². The molecule has 18 heavy (non-hydrogen) atoms. The second-order valence-electron chi connectivity index (χ2n) is 3.92. The number of benzene rings is 1. The number of hydrogen-bond acceptors (Lipinski definition) is 3. The highest BCUT2D eigenvalue weighted by Crippen LogP contribution is 2.32. The zero-order valence-electron chi connectivity index (χ0n) is 9.11. The molecule has 0 aliphatic heterocycles. The van der Waals surface area contributed by atoms with Gasteiger partial charge in [-0.05, 0) is 23.6 Å². The minimum Gasteiger partial charge on any atom is -0.383 e. The molecule has 0 spiro atoms. The maximum atomic E-state index is 11.2. The molecule has 1 atom stereocenters. The van der Waals surface area contributed by atoms with Crippen LogP contribution in [0.5, 0.6) is 0 Å². The fourth-order valence-electron chi connectivity index (χ4n) is 1.88. The van der Waals surface area contributed by atoms with Crippen LogP contribution < -0.4 is 5.69 Å². The van der Waals surface area contributed by atoms with Crippen LogP contribution in [0.1, 0.15) is 16.5 Å². The molecule has 0 amide bonds. The highest BCUT2D eigenvalue weighted by Gasteiger charge is 2.16. The largest absolute Gasteiger partial charge is 0.383 e. The molecule has 0 fully saturated rings. The fraction of sp³-hybridized carbons (Fsp3) is 0.0833. The summed E-state index contributed by atoms with van der Waals surface area (Å²) in [6.07, 6.45) is -0.692. The minimum absolute atomic E-state index is 0.250. The summed E-state index contributed by atoms with van der Waals surface area (Å²) in [5.74, 6) is 0. The van der Waals surface area contributed by atoms with E-state index in [4.69, 9.17) is 0 Å². The van der Waals surface area contributed by atoms with Crippen LogP contribution in [-0.4, -0.2) is 15.1 Å². The van der Waals surface area contributed by atoms with Gasteiger partial charge < -0.3 is 15.1 Å². The zero-order valence-corrected chi connectivity index (χ0v) is 11.5. The fourth-order valence-corrected chi connectivity index (χ4v) is 3.17. The number of aliphatic hydroxyl groups is 1. The molecule has 2 aromatic heterocycles. The number of thiophene rings is 1. The predicted molar refractivity (Wildman–Crippen MR) is 75.0 cm³/mol. The van der Waals surface area contributed by atoms with E-state index >= 15 is 0 Å². The van der Waals surface area contributed by atoms with Gasteiger partial charge in [0, 0.05) is 14.9 Å². The van der Waals surface area contributed by atoms with Crippen molar-refractivity contribution in [3.05, 3.63) is 55.0 Å². The minimum atomic E-state index is -0.692. The van der Waals surface area contributed by atoms with Gasteiger partial charge in [-0.2, -0.15) is 0 Å². The Labute approximate surface area is 114 Å². The third kappa shape index (κ3) is 1.92. The van der Waals surface area contributed by atoms with Crippen LogP contribution in [0.3, 0.4) is 0 Å². The molecular formula is C12H9BrN2O2S. The van der Waals surface area contributed by atoms with Gasteiger partial charge in [0.25, 0.3) is 0 Å². The van der Waals surface area contributed by atoms with E-state index < -0.39 is 6.10 Å².